The third-order valence-electron chi connectivity index (χ3n) is 5.02. The van der Waals surface area contributed by atoms with Gasteiger partial charge in [-0.3, -0.25) is 29.6 Å². The molecule has 0 saturated carbocycles. The zero-order chi connectivity index (χ0) is 22.8. The number of benzene rings is 2. The second-order valence-corrected chi connectivity index (χ2v) is 7.57. The van der Waals surface area contributed by atoms with Gasteiger partial charge in [-0.2, -0.15) is 0 Å². The van der Waals surface area contributed by atoms with Gasteiger partial charge in [0.25, 0.3) is 17.5 Å². The van der Waals surface area contributed by atoms with Crippen LogP contribution in [0.2, 0.25) is 5.02 Å². The molecule has 4 rings (SSSR count). The van der Waals surface area contributed by atoms with Gasteiger partial charge in [-0.1, -0.05) is 23.7 Å². The summed E-state index contributed by atoms with van der Waals surface area (Å²) in [5.41, 5.74) is 2.42. The normalized spacial score (nSPS) is 13.6. The van der Waals surface area contributed by atoms with E-state index in [1.807, 2.05) is 6.92 Å². The van der Waals surface area contributed by atoms with Gasteiger partial charge in [0.05, 0.1) is 22.7 Å². The van der Waals surface area contributed by atoms with E-state index in [9.17, 15) is 19.7 Å². The first-order valence-electron chi connectivity index (χ1n) is 9.63. The van der Waals surface area contributed by atoms with Crippen LogP contribution < -0.4 is 5.32 Å². The average molecular weight is 449 g/mol. The highest BCUT2D eigenvalue weighted by atomic mass is 35.5. The maximum atomic E-state index is 13.3. The molecular weight excluding hydrogens is 432 g/mol. The maximum Gasteiger partial charge on any atom is 0.278 e. The predicted molar refractivity (Wildman–Crippen MR) is 120 cm³/mol. The molecule has 0 atom stereocenters. The number of nitrogens with zero attached hydrogens (tertiary/aromatic N) is 3. The number of nitro groups is 1. The molecule has 0 unspecified atom stereocenters. The van der Waals surface area contributed by atoms with Crippen LogP contribution in [0, 0.1) is 17.0 Å². The molecule has 2 heterocycles. The molecule has 8 nitrogen and oxygen atoms in total. The highest BCUT2D eigenvalue weighted by Gasteiger charge is 2.39. The van der Waals surface area contributed by atoms with Crippen LogP contribution in [0.15, 0.2) is 72.6 Å². The number of imide groups is 1. The van der Waals surface area contributed by atoms with Gasteiger partial charge < -0.3 is 5.32 Å². The number of anilines is 1. The van der Waals surface area contributed by atoms with E-state index in [1.54, 1.807) is 42.6 Å². The topological polar surface area (TPSA) is 105 Å². The van der Waals surface area contributed by atoms with E-state index in [1.165, 1.54) is 24.3 Å². The minimum Gasteiger partial charge on any atom is -0.350 e. The van der Waals surface area contributed by atoms with Crippen LogP contribution in [0.5, 0.6) is 0 Å². The van der Waals surface area contributed by atoms with Crippen molar-refractivity contribution >= 4 is 40.4 Å². The van der Waals surface area contributed by atoms with Crippen LogP contribution in [0.25, 0.3) is 5.57 Å². The summed E-state index contributed by atoms with van der Waals surface area (Å²) >= 11 is 6.21. The van der Waals surface area contributed by atoms with Crippen molar-refractivity contribution in [3.8, 4) is 0 Å². The van der Waals surface area contributed by atoms with Crippen LogP contribution in [0.4, 0.5) is 11.4 Å². The zero-order valence-corrected chi connectivity index (χ0v) is 17.7. The van der Waals surface area contributed by atoms with Crippen molar-refractivity contribution in [2.24, 2.45) is 0 Å². The lowest BCUT2D eigenvalue weighted by atomic mass is 10.0. The van der Waals surface area contributed by atoms with Gasteiger partial charge in [-0.05, 0) is 54.4 Å². The lowest BCUT2D eigenvalue weighted by Gasteiger charge is -2.15. The molecule has 9 heteroatoms. The quantitative estimate of drug-likeness (QED) is 0.341. The third kappa shape index (κ3) is 4.08. The van der Waals surface area contributed by atoms with Gasteiger partial charge in [0, 0.05) is 29.0 Å². The van der Waals surface area contributed by atoms with Gasteiger partial charge in [0.2, 0.25) is 0 Å². The molecule has 1 aromatic heterocycles. The summed E-state index contributed by atoms with van der Waals surface area (Å²) in [6.07, 6.45) is 1.58. The number of hydrogen-bond donors (Lipinski definition) is 1. The van der Waals surface area contributed by atoms with Gasteiger partial charge in [0.15, 0.2) is 0 Å². The number of amides is 2. The number of hydrogen-bond acceptors (Lipinski definition) is 6. The van der Waals surface area contributed by atoms with Gasteiger partial charge in [-0.25, -0.2) is 0 Å². The van der Waals surface area contributed by atoms with Crippen LogP contribution in [-0.2, 0) is 16.1 Å². The molecule has 3 aromatic rings. The number of nitro benzene ring substituents is 1. The van der Waals surface area contributed by atoms with Crippen LogP contribution in [0.3, 0.4) is 0 Å². The highest BCUT2D eigenvalue weighted by Crippen LogP contribution is 2.33. The summed E-state index contributed by atoms with van der Waals surface area (Å²) in [6, 6.07) is 15.9. The SMILES string of the molecule is Cc1ccc(NC2=C(c3ccc([N+](=O)[O-])cc3)C(=O)N(Cc3ccccn3)C2=O)cc1Cl. The van der Waals surface area contributed by atoms with Crippen molar-refractivity contribution < 1.29 is 14.5 Å². The number of halogens is 1. The van der Waals surface area contributed by atoms with Gasteiger partial charge in [0.1, 0.15) is 5.70 Å². The molecule has 1 aliphatic heterocycles. The first kappa shape index (κ1) is 21.2. The number of rotatable bonds is 6. The number of aromatic nitrogens is 1. The van der Waals surface area contributed by atoms with E-state index in [-0.39, 0.29) is 23.5 Å². The zero-order valence-electron chi connectivity index (χ0n) is 16.9. The Kier molecular flexibility index (Phi) is 5.70. The van der Waals surface area contributed by atoms with E-state index in [2.05, 4.69) is 10.3 Å². The lowest BCUT2D eigenvalue weighted by Crippen LogP contribution is -2.32. The summed E-state index contributed by atoms with van der Waals surface area (Å²) in [6.45, 7) is 1.85. The minimum absolute atomic E-state index is 0.00514. The first-order chi connectivity index (χ1) is 15.3. The Morgan fingerprint density at radius 2 is 1.81 bits per heavy atom. The second kappa shape index (κ2) is 8.60. The molecule has 0 saturated heterocycles. The number of carbonyl (C=O) groups is 2. The van der Waals surface area contributed by atoms with Crippen molar-refractivity contribution in [3.05, 3.63) is 105 Å². The lowest BCUT2D eigenvalue weighted by molar-refractivity contribution is -0.384. The molecule has 0 fully saturated rings. The molecule has 1 aliphatic rings. The third-order valence-corrected chi connectivity index (χ3v) is 5.43. The summed E-state index contributed by atoms with van der Waals surface area (Å²) in [7, 11) is 0. The largest absolute Gasteiger partial charge is 0.350 e. The second-order valence-electron chi connectivity index (χ2n) is 7.16. The molecule has 2 amide bonds. The fourth-order valence-corrected chi connectivity index (χ4v) is 3.50. The van der Waals surface area contributed by atoms with Crippen LogP contribution >= 0.6 is 11.6 Å². The summed E-state index contributed by atoms with van der Waals surface area (Å²) in [4.78, 5) is 42.3. The Morgan fingerprint density at radius 3 is 2.44 bits per heavy atom. The van der Waals surface area contributed by atoms with Gasteiger partial charge in [-0.15, -0.1) is 0 Å². The van der Waals surface area contributed by atoms with E-state index >= 15 is 0 Å². The molecule has 0 bridgehead atoms. The number of carbonyl (C=O) groups excluding carboxylic acids is 2. The van der Waals surface area contributed by atoms with Crippen molar-refractivity contribution in [2.45, 2.75) is 13.5 Å². The summed E-state index contributed by atoms with van der Waals surface area (Å²) in [5, 5.41) is 14.5. The molecular formula is C23H17ClN4O4. The molecule has 32 heavy (non-hydrogen) atoms. The number of pyridine rings is 1. The number of non-ortho nitro benzene ring substituents is 1. The van der Waals surface area contributed by atoms with Gasteiger partial charge >= 0.3 is 0 Å². The van der Waals surface area contributed by atoms with Crippen LogP contribution in [0.1, 0.15) is 16.8 Å². The monoisotopic (exact) mass is 448 g/mol. The van der Waals surface area contributed by atoms with Crippen molar-refractivity contribution in [2.75, 3.05) is 5.32 Å². The minimum atomic E-state index is -0.527. The highest BCUT2D eigenvalue weighted by molar-refractivity contribution is 6.36. The Balaban J connectivity index is 1.76. The first-order valence-corrected chi connectivity index (χ1v) is 10.0. The van der Waals surface area contributed by atoms with E-state index < -0.39 is 16.7 Å². The Morgan fingerprint density at radius 1 is 1.06 bits per heavy atom. The Labute approximate surface area is 188 Å². The molecule has 2 aromatic carbocycles. The van der Waals surface area contributed by atoms with Crippen molar-refractivity contribution in [1.29, 1.82) is 0 Å². The smallest absolute Gasteiger partial charge is 0.278 e. The van der Waals surface area contributed by atoms with Crippen LogP contribution in [-0.4, -0.2) is 26.6 Å². The van der Waals surface area contributed by atoms with E-state index in [0.717, 1.165) is 10.5 Å². The van der Waals surface area contributed by atoms with E-state index in [4.69, 9.17) is 11.6 Å². The molecule has 1 N–H and O–H groups in total. The molecule has 160 valence electrons. The fourth-order valence-electron chi connectivity index (χ4n) is 3.32. The number of nitrogens with one attached hydrogen (secondary N) is 1. The summed E-state index contributed by atoms with van der Waals surface area (Å²) in [5.74, 6) is -1.04. The molecule has 0 radical (unpaired) electrons. The standard InChI is InChI=1S/C23H17ClN4O4/c1-14-5-8-16(12-19(14)24)26-21-20(15-6-9-18(10-7-15)28(31)32)22(29)27(23(21)30)13-17-4-2-3-11-25-17/h2-12,26H,13H2,1H3. The maximum absolute atomic E-state index is 13.3. The van der Waals surface area contributed by atoms with Crippen molar-refractivity contribution in [3.63, 3.8) is 0 Å². The Hall–Kier alpha value is -4.04. The molecule has 0 aliphatic carbocycles. The number of aryl methyl sites for hydroxylation is 1. The Bertz CT molecular complexity index is 1260. The summed E-state index contributed by atoms with van der Waals surface area (Å²) < 4.78 is 0. The average Bonchev–Trinajstić information content (AvgIpc) is 3.01. The van der Waals surface area contributed by atoms with Crippen molar-refractivity contribution in [1.82, 2.24) is 9.88 Å². The molecule has 0 spiro atoms. The van der Waals surface area contributed by atoms with E-state index in [0.29, 0.717) is 22.0 Å². The fraction of sp³-hybridized carbons (Fsp3) is 0.0870. The predicted octanol–water partition coefficient (Wildman–Crippen LogP) is 4.34.